The number of ether oxygens (including phenoxy) is 1. The highest BCUT2D eigenvalue weighted by Gasteiger charge is 2.05. The molecule has 0 aliphatic carbocycles. The van der Waals surface area contributed by atoms with Gasteiger partial charge in [-0.1, -0.05) is 25.1 Å². The van der Waals surface area contributed by atoms with Gasteiger partial charge in [-0.25, -0.2) is 4.39 Å². The third-order valence-electron chi connectivity index (χ3n) is 2.10. The highest BCUT2D eigenvalue weighted by molar-refractivity contribution is 5.69. The van der Waals surface area contributed by atoms with Crippen LogP contribution in [0.3, 0.4) is 0 Å². The van der Waals surface area contributed by atoms with Gasteiger partial charge >= 0.3 is 5.97 Å². The zero-order valence-corrected chi connectivity index (χ0v) is 9.33. The van der Waals surface area contributed by atoms with Crippen LogP contribution >= 0.6 is 0 Å². The van der Waals surface area contributed by atoms with Gasteiger partial charge in [0.05, 0.1) is 6.42 Å². The maximum atomic E-state index is 13.1. The molecule has 0 radical (unpaired) electrons. The van der Waals surface area contributed by atoms with E-state index in [1.807, 2.05) is 6.92 Å². The summed E-state index contributed by atoms with van der Waals surface area (Å²) >= 11 is 0. The normalized spacial score (nSPS) is 10.1. The molecular weight excluding hydrogens is 209 g/mol. The van der Waals surface area contributed by atoms with Gasteiger partial charge in [0.2, 0.25) is 0 Å². The molecule has 0 heterocycles. The number of hydrogen-bond donors (Lipinski definition) is 1. The van der Waals surface area contributed by atoms with Gasteiger partial charge in [-0.05, 0) is 12.6 Å². The average Bonchev–Trinajstić information content (AvgIpc) is 2.28. The molecule has 0 amide bonds. The Morgan fingerprint density at radius 1 is 1.44 bits per heavy atom. The fourth-order valence-electron chi connectivity index (χ4n) is 1.21. The van der Waals surface area contributed by atoms with E-state index in [2.05, 4.69) is 5.32 Å². The van der Waals surface area contributed by atoms with Crippen LogP contribution < -0.4 is 5.32 Å². The number of carbonyl (C=O) groups excluding carboxylic acids is 1. The van der Waals surface area contributed by atoms with Crippen LogP contribution in [0.2, 0.25) is 0 Å². The van der Waals surface area contributed by atoms with Gasteiger partial charge in [-0.2, -0.15) is 0 Å². The monoisotopic (exact) mass is 225 g/mol. The minimum absolute atomic E-state index is 0.00235. The Kier molecular flexibility index (Phi) is 5.50. The number of benzene rings is 1. The molecule has 88 valence electrons. The minimum atomic E-state index is -0.345. The molecule has 0 aromatic heterocycles. The first-order valence-corrected chi connectivity index (χ1v) is 5.33. The van der Waals surface area contributed by atoms with Crippen molar-refractivity contribution in [3.63, 3.8) is 0 Å². The summed E-state index contributed by atoms with van der Waals surface area (Å²) in [7, 11) is 0. The number of esters is 1. The van der Waals surface area contributed by atoms with Gasteiger partial charge < -0.3 is 10.1 Å². The molecular formula is C12H16FNO2. The quantitative estimate of drug-likeness (QED) is 0.593. The molecule has 3 nitrogen and oxygen atoms in total. The Bertz CT molecular complexity index is 342. The summed E-state index contributed by atoms with van der Waals surface area (Å²) in [5.41, 5.74) is 0.402. The fraction of sp³-hybridized carbons (Fsp3) is 0.417. The van der Waals surface area contributed by atoms with Gasteiger partial charge in [-0.3, -0.25) is 4.79 Å². The standard InChI is InChI=1S/C12H16FNO2/c1-2-14-8-7-12(15)16-9-10-5-3-4-6-11(10)13/h3-6,14H,2,7-9H2,1H3. The molecule has 0 spiro atoms. The summed E-state index contributed by atoms with van der Waals surface area (Å²) < 4.78 is 18.1. The van der Waals surface area contributed by atoms with Crippen molar-refractivity contribution in [2.75, 3.05) is 13.1 Å². The molecule has 0 atom stereocenters. The fourth-order valence-corrected chi connectivity index (χ4v) is 1.21. The smallest absolute Gasteiger partial charge is 0.307 e. The van der Waals surface area contributed by atoms with Gasteiger partial charge in [-0.15, -0.1) is 0 Å². The predicted molar refractivity (Wildman–Crippen MR) is 59.4 cm³/mol. The molecule has 0 bridgehead atoms. The van der Waals surface area contributed by atoms with Crippen molar-refractivity contribution >= 4 is 5.97 Å². The average molecular weight is 225 g/mol. The van der Waals surface area contributed by atoms with Crippen molar-refractivity contribution in [3.8, 4) is 0 Å². The lowest BCUT2D eigenvalue weighted by Gasteiger charge is -2.05. The van der Waals surface area contributed by atoms with Gasteiger partial charge in [0.15, 0.2) is 0 Å². The van der Waals surface area contributed by atoms with Crippen LogP contribution in [0.5, 0.6) is 0 Å². The Hall–Kier alpha value is -1.42. The van der Waals surface area contributed by atoms with Crippen molar-refractivity contribution in [3.05, 3.63) is 35.6 Å². The Labute approximate surface area is 94.6 Å². The Morgan fingerprint density at radius 2 is 2.19 bits per heavy atom. The van der Waals surface area contributed by atoms with Crippen molar-refractivity contribution in [2.24, 2.45) is 0 Å². The van der Waals surface area contributed by atoms with Crippen LogP contribution in [0, 0.1) is 5.82 Å². The third kappa shape index (κ3) is 4.40. The number of carbonyl (C=O) groups is 1. The topological polar surface area (TPSA) is 38.3 Å². The number of nitrogens with one attached hydrogen (secondary N) is 1. The molecule has 0 saturated heterocycles. The lowest BCUT2D eigenvalue weighted by atomic mass is 10.2. The summed E-state index contributed by atoms with van der Waals surface area (Å²) in [6.07, 6.45) is 0.308. The molecule has 0 fully saturated rings. The Balaban J connectivity index is 2.29. The molecule has 4 heteroatoms. The molecule has 16 heavy (non-hydrogen) atoms. The zero-order valence-electron chi connectivity index (χ0n) is 9.33. The SMILES string of the molecule is CCNCCC(=O)OCc1ccccc1F. The van der Waals surface area contributed by atoms with Crippen molar-refractivity contribution in [1.82, 2.24) is 5.32 Å². The summed E-state index contributed by atoms with van der Waals surface area (Å²) in [4.78, 5) is 11.2. The van der Waals surface area contributed by atoms with E-state index in [1.54, 1.807) is 18.2 Å². The number of hydrogen-bond acceptors (Lipinski definition) is 3. The first kappa shape index (κ1) is 12.6. The van der Waals surface area contributed by atoms with Crippen molar-refractivity contribution in [1.29, 1.82) is 0 Å². The zero-order chi connectivity index (χ0) is 11.8. The summed E-state index contributed by atoms with van der Waals surface area (Å²) in [5.74, 6) is -0.661. The van der Waals surface area contributed by atoms with Crippen LogP contribution in [-0.4, -0.2) is 19.1 Å². The number of rotatable bonds is 6. The highest BCUT2D eigenvalue weighted by atomic mass is 19.1. The molecule has 0 unspecified atom stereocenters. The summed E-state index contributed by atoms with van der Waals surface area (Å²) in [5, 5.41) is 3.01. The van der Waals surface area contributed by atoms with E-state index in [0.717, 1.165) is 6.54 Å². The van der Waals surface area contributed by atoms with Crippen LogP contribution in [-0.2, 0) is 16.1 Å². The van der Waals surface area contributed by atoms with E-state index in [1.165, 1.54) is 6.07 Å². The van der Waals surface area contributed by atoms with Crippen molar-refractivity contribution < 1.29 is 13.9 Å². The van der Waals surface area contributed by atoms with E-state index in [0.29, 0.717) is 18.5 Å². The van der Waals surface area contributed by atoms with E-state index < -0.39 is 0 Å². The maximum Gasteiger partial charge on any atom is 0.307 e. The number of halogens is 1. The van der Waals surface area contributed by atoms with Gasteiger partial charge in [0.25, 0.3) is 0 Å². The lowest BCUT2D eigenvalue weighted by Crippen LogP contribution is -2.18. The predicted octanol–water partition coefficient (Wildman–Crippen LogP) is 1.87. The van der Waals surface area contributed by atoms with Gasteiger partial charge in [0, 0.05) is 12.1 Å². The Morgan fingerprint density at radius 3 is 2.88 bits per heavy atom. The second kappa shape index (κ2) is 6.95. The van der Waals surface area contributed by atoms with Crippen LogP contribution in [0.25, 0.3) is 0 Å². The molecule has 1 aromatic carbocycles. The van der Waals surface area contributed by atoms with E-state index in [9.17, 15) is 9.18 Å². The molecule has 0 aliphatic rings. The van der Waals surface area contributed by atoms with E-state index >= 15 is 0 Å². The molecule has 1 N–H and O–H groups in total. The van der Waals surface area contributed by atoms with Crippen LogP contribution in [0.15, 0.2) is 24.3 Å². The van der Waals surface area contributed by atoms with Crippen LogP contribution in [0.4, 0.5) is 4.39 Å². The van der Waals surface area contributed by atoms with E-state index in [-0.39, 0.29) is 18.4 Å². The molecule has 1 aromatic rings. The second-order valence-corrected chi connectivity index (χ2v) is 3.36. The molecule has 0 aliphatic heterocycles. The maximum absolute atomic E-state index is 13.1. The van der Waals surface area contributed by atoms with Gasteiger partial charge in [0.1, 0.15) is 12.4 Å². The summed E-state index contributed by atoms with van der Waals surface area (Å²) in [6, 6.07) is 6.27. The molecule has 0 saturated carbocycles. The highest BCUT2D eigenvalue weighted by Crippen LogP contribution is 2.07. The second-order valence-electron chi connectivity index (χ2n) is 3.36. The largest absolute Gasteiger partial charge is 0.461 e. The minimum Gasteiger partial charge on any atom is -0.461 e. The summed E-state index contributed by atoms with van der Waals surface area (Å²) in [6.45, 7) is 3.37. The van der Waals surface area contributed by atoms with Crippen LogP contribution in [0.1, 0.15) is 18.9 Å². The first-order chi connectivity index (χ1) is 7.74. The van der Waals surface area contributed by atoms with E-state index in [4.69, 9.17) is 4.74 Å². The third-order valence-corrected chi connectivity index (χ3v) is 2.10. The first-order valence-electron chi connectivity index (χ1n) is 5.33. The lowest BCUT2D eigenvalue weighted by molar-refractivity contribution is -0.144. The van der Waals surface area contributed by atoms with Crippen molar-refractivity contribution in [2.45, 2.75) is 20.0 Å². The molecule has 1 rings (SSSR count).